The van der Waals surface area contributed by atoms with E-state index in [0.717, 1.165) is 0 Å². The van der Waals surface area contributed by atoms with Crippen molar-refractivity contribution >= 4 is 22.5 Å². The average molecular weight is 336 g/mol. The smallest absolute Gasteiger partial charge is 0.274 e. The zero-order valence-corrected chi connectivity index (χ0v) is 14.3. The predicted octanol–water partition coefficient (Wildman–Crippen LogP) is 2.63. The molecular formula is C19H20N4O2. The fourth-order valence-electron chi connectivity index (χ4n) is 2.68. The van der Waals surface area contributed by atoms with Crippen molar-refractivity contribution in [1.82, 2.24) is 14.8 Å². The van der Waals surface area contributed by atoms with Gasteiger partial charge in [-0.2, -0.15) is 5.10 Å². The molecule has 1 amide bonds. The summed E-state index contributed by atoms with van der Waals surface area (Å²) >= 11 is 0. The second-order valence-electron chi connectivity index (χ2n) is 6.31. The number of benzene rings is 1. The quantitative estimate of drug-likeness (QED) is 0.777. The van der Waals surface area contributed by atoms with Crippen LogP contribution in [0.2, 0.25) is 0 Å². The molecule has 0 spiro atoms. The summed E-state index contributed by atoms with van der Waals surface area (Å²) in [4.78, 5) is 29.0. The summed E-state index contributed by atoms with van der Waals surface area (Å²) in [5, 5.41) is 8.49. The van der Waals surface area contributed by atoms with Crippen LogP contribution in [0.4, 0.5) is 5.82 Å². The Kier molecular flexibility index (Phi) is 4.88. The van der Waals surface area contributed by atoms with E-state index in [1.54, 1.807) is 30.5 Å². The molecule has 6 heteroatoms. The molecule has 0 atom stereocenters. The second-order valence-corrected chi connectivity index (χ2v) is 6.31. The fraction of sp³-hybridized carbons (Fsp3) is 0.263. The first-order valence-electron chi connectivity index (χ1n) is 8.24. The van der Waals surface area contributed by atoms with Crippen LogP contribution in [0, 0.1) is 5.92 Å². The first-order valence-corrected chi connectivity index (χ1v) is 8.24. The van der Waals surface area contributed by atoms with E-state index < -0.39 is 0 Å². The van der Waals surface area contributed by atoms with Gasteiger partial charge in [-0.15, -0.1) is 0 Å². The molecule has 0 aliphatic heterocycles. The van der Waals surface area contributed by atoms with Crippen LogP contribution in [0.15, 0.2) is 53.5 Å². The lowest BCUT2D eigenvalue weighted by atomic mass is 10.1. The lowest BCUT2D eigenvalue weighted by Gasteiger charge is -2.12. The highest BCUT2D eigenvalue weighted by molar-refractivity contribution is 5.94. The molecule has 0 bridgehead atoms. The third-order valence-corrected chi connectivity index (χ3v) is 3.74. The fourth-order valence-corrected chi connectivity index (χ4v) is 2.68. The number of nitrogens with one attached hydrogen (secondary N) is 1. The number of carbonyl (C=O) groups is 1. The van der Waals surface area contributed by atoms with E-state index in [2.05, 4.69) is 15.4 Å². The van der Waals surface area contributed by atoms with Crippen LogP contribution < -0.4 is 10.9 Å². The Labute approximate surface area is 145 Å². The van der Waals surface area contributed by atoms with Crippen molar-refractivity contribution in [2.45, 2.75) is 26.8 Å². The molecule has 3 rings (SSSR count). The maximum atomic E-state index is 12.6. The molecule has 25 heavy (non-hydrogen) atoms. The van der Waals surface area contributed by atoms with E-state index in [0.29, 0.717) is 28.8 Å². The Morgan fingerprint density at radius 2 is 1.84 bits per heavy atom. The first kappa shape index (κ1) is 16.8. The third kappa shape index (κ3) is 3.91. The molecule has 128 valence electrons. The van der Waals surface area contributed by atoms with Gasteiger partial charge in [0.15, 0.2) is 0 Å². The first-order chi connectivity index (χ1) is 12.0. The highest BCUT2D eigenvalue weighted by Crippen LogP contribution is 2.15. The topological polar surface area (TPSA) is 76.9 Å². The Bertz CT molecular complexity index is 949. The summed E-state index contributed by atoms with van der Waals surface area (Å²) < 4.78 is 1.45. The van der Waals surface area contributed by atoms with Crippen LogP contribution in [-0.4, -0.2) is 20.7 Å². The zero-order valence-electron chi connectivity index (χ0n) is 14.3. The predicted molar refractivity (Wildman–Crippen MR) is 97.4 cm³/mol. The lowest BCUT2D eigenvalue weighted by Crippen LogP contribution is -2.28. The minimum atomic E-state index is -0.217. The summed E-state index contributed by atoms with van der Waals surface area (Å²) in [6, 6.07) is 12.6. The van der Waals surface area contributed by atoms with Gasteiger partial charge in [0.1, 0.15) is 5.82 Å². The zero-order chi connectivity index (χ0) is 17.8. The lowest BCUT2D eigenvalue weighted by molar-refractivity contribution is -0.115. The van der Waals surface area contributed by atoms with Gasteiger partial charge in [0.05, 0.1) is 17.5 Å². The normalized spacial score (nSPS) is 11.0. The van der Waals surface area contributed by atoms with Gasteiger partial charge in [0.2, 0.25) is 5.91 Å². The maximum Gasteiger partial charge on any atom is 0.274 e. The van der Waals surface area contributed by atoms with Crippen LogP contribution >= 0.6 is 0 Å². The van der Waals surface area contributed by atoms with Gasteiger partial charge in [0, 0.05) is 18.1 Å². The van der Waals surface area contributed by atoms with E-state index in [-0.39, 0.29) is 23.8 Å². The molecule has 0 radical (unpaired) electrons. The Hall–Kier alpha value is -3.02. The van der Waals surface area contributed by atoms with Crippen molar-refractivity contribution < 1.29 is 4.79 Å². The van der Waals surface area contributed by atoms with Crippen LogP contribution in [-0.2, 0) is 17.8 Å². The van der Waals surface area contributed by atoms with E-state index in [1.165, 1.54) is 4.68 Å². The van der Waals surface area contributed by atoms with Crippen LogP contribution in [0.1, 0.15) is 19.5 Å². The number of fused-ring (bicyclic) bond motifs is 1. The highest BCUT2D eigenvalue weighted by Gasteiger charge is 2.14. The van der Waals surface area contributed by atoms with E-state index in [4.69, 9.17) is 0 Å². The van der Waals surface area contributed by atoms with Gasteiger partial charge in [0.25, 0.3) is 5.56 Å². The number of carbonyl (C=O) groups excluding carboxylic acids is 1. The molecule has 0 unspecified atom stereocenters. The van der Waals surface area contributed by atoms with Gasteiger partial charge in [-0.25, -0.2) is 9.67 Å². The summed E-state index contributed by atoms with van der Waals surface area (Å²) in [7, 11) is 0. The molecule has 0 aliphatic carbocycles. The second kappa shape index (κ2) is 7.25. The minimum absolute atomic E-state index is 0.0788. The molecular weight excluding hydrogens is 316 g/mol. The van der Waals surface area contributed by atoms with Crippen LogP contribution in [0.5, 0.6) is 0 Å². The van der Waals surface area contributed by atoms with Crippen molar-refractivity contribution in [3.63, 3.8) is 0 Å². The summed E-state index contributed by atoms with van der Waals surface area (Å²) in [6.07, 6.45) is 1.70. The summed E-state index contributed by atoms with van der Waals surface area (Å²) in [5.74, 6) is 0.556. The molecule has 0 saturated heterocycles. The Morgan fingerprint density at radius 1 is 1.12 bits per heavy atom. The maximum absolute atomic E-state index is 12.6. The van der Waals surface area contributed by atoms with Gasteiger partial charge in [-0.1, -0.05) is 38.1 Å². The van der Waals surface area contributed by atoms with Crippen molar-refractivity contribution in [3.8, 4) is 0 Å². The van der Waals surface area contributed by atoms with Gasteiger partial charge < -0.3 is 5.32 Å². The minimum Gasteiger partial charge on any atom is -0.310 e. The molecule has 2 aromatic heterocycles. The van der Waals surface area contributed by atoms with E-state index in [1.807, 2.05) is 32.0 Å². The number of aromatic nitrogens is 3. The standard InChI is InChI=1S/C19H20N4O2/c1-13(2)12-23-19(25)15-8-4-3-7-14(15)16(22-23)11-18(24)21-17-9-5-6-10-20-17/h3-10,13H,11-12H2,1-2H3,(H,20,21,24). The third-order valence-electron chi connectivity index (χ3n) is 3.74. The number of amides is 1. The molecule has 3 aromatic rings. The van der Waals surface area contributed by atoms with Crippen molar-refractivity contribution in [2.24, 2.45) is 5.92 Å². The highest BCUT2D eigenvalue weighted by atomic mass is 16.2. The number of nitrogens with zero attached hydrogens (tertiary/aromatic N) is 3. The number of anilines is 1. The van der Waals surface area contributed by atoms with E-state index in [9.17, 15) is 9.59 Å². The molecule has 2 heterocycles. The monoisotopic (exact) mass is 336 g/mol. The van der Waals surface area contributed by atoms with Crippen molar-refractivity contribution in [1.29, 1.82) is 0 Å². The summed E-state index contributed by atoms with van der Waals surface area (Å²) in [5.41, 5.74) is 0.461. The average Bonchev–Trinajstić information content (AvgIpc) is 2.59. The largest absolute Gasteiger partial charge is 0.310 e. The molecule has 0 saturated carbocycles. The van der Waals surface area contributed by atoms with Gasteiger partial charge >= 0.3 is 0 Å². The molecule has 6 nitrogen and oxygen atoms in total. The van der Waals surface area contributed by atoms with Gasteiger partial charge in [-0.3, -0.25) is 9.59 Å². The molecule has 1 N–H and O–H groups in total. The summed E-state index contributed by atoms with van der Waals surface area (Å²) in [6.45, 7) is 4.56. The van der Waals surface area contributed by atoms with Crippen molar-refractivity contribution in [3.05, 3.63) is 64.7 Å². The molecule has 0 aliphatic rings. The van der Waals surface area contributed by atoms with E-state index >= 15 is 0 Å². The molecule has 0 fully saturated rings. The van der Waals surface area contributed by atoms with Crippen molar-refractivity contribution in [2.75, 3.05) is 5.32 Å². The Balaban J connectivity index is 1.95. The van der Waals surface area contributed by atoms with Crippen LogP contribution in [0.3, 0.4) is 0 Å². The van der Waals surface area contributed by atoms with Crippen LogP contribution in [0.25, 0.3) is 10.8 Å². The SMILES string of the molecule is CC(C)Cn1nc(CC(=O)Nc2ccccn2)c2ccccc2c1=O. The number of hydrogen-bond donors (Lipinski definition) is 1. The molecule has 1 aromatic carbocycles. The Morgan fingerprint density at radius 3 is 2.52 bits per heavy atom. The van der Waals surface area contributed by atoms with Gasteiger partial charge in [-0.05, 0) is 24.1 Å². The number of hydrogen-bond acceptors (Lipinski definition) is 4. The number of pyridine rings is 1. The number of rotatable bonds is 5.